The zero-order valence-corrected chi connectivity index (χ0v) is 25.7. The van der Waals surface area contributed by atoms with Crippen molar-refractivity contribution in [2.24, 2.45) is 52.8 Å². The number of hydrogen-bond donors (Lipinski definition) is 6. The van der Waals surface area contributed by atoms with E-state index in [0.29, 0.717) is 47.8 Å². The van der Waals surface area contributed by atoms with Gasteiger partial charge in [-0.1, -0.05) is 13.8 Å². The van der Waals surface area contributed by atoms with E-state index in [1.807, 2.05) is 0 Å². The highest BCUT2D eigenvalue weighted by Crippen LogP contribution is 2.67. The molecular formula is C33H55NO8. The average Bonchev–Trinajstić information content (AvgIpc) is 3.33. The fraction of sp³-hybridized carbons (Fsp3) is 1.00. The maximum atomic E-state index is 12.0. The molecule has 0 unspecified atom stereocenters. The number of aliphatic hydroxyl groups is 6. The molecule has 18 atom stereocenters. The van der Waals surface area contributed by atoms with E-state index in [1.165, 1.54) is 19.3 Å². The Labute approximate surface area is 250 Å². The summed E-state index contributed by atoms with van der Waals surface area (Å²) in [6.07, 6.45) is 1.96. The van der Waals surface area contributed by atoms with Gasteiger partial charge in [0.15, 0.2) is 6.29 Å². The summed E-state index contributed by atoms with van der Waals surface area (Å²) in [5, 5.41) is 64.1. The third-order valence-corrected chi connectivity index (χ3v) is 14.2. The van der Waals surface area contributed by atoms with Crippen molar-refractivity contribution in [3.05, 3.63) is 0 Å². The molecule has 0 aromatic rings. The molecule has 0 spiro atoms. The molecule has 0 amide bonds. The first-order valence-electron chi connectivity index (χ1n) is 17.0. The fourth-order valence-electron chi connectivity index (χ4n) is 12.1. The van der Waals surface area contributed by atoms with Crippen molar-refractivity contribution >= 4 is 0 Å². The Kier molecular flexibility index (Phi) is 7.84. The van der Waals surface area contributed by atoms with Crippen LogP contribution in [0.15, 0.2) is 0 Å². The Bertz CT molecular complexity index is 995. The van der Waals surface area contributed by atoms with Gasteiger partial charge in [-0.2, -0.15) is 0 Å². The van der Waals surface area contributed by atoms with Crippen LogP contribution in [0.4, 0.5) is 0 Å². The van der Waals surface area contributed by atoms with Crippen molar-refractivity contribution in [3.8, 4) is 0 Å². The van der Waals surface area contributed by atoms with Gasteiger partial charge in [0.2, 0.25) is 0 Å². The minimum absolute atomic E-state index is 0.00374. The van der Waals surface area contributed by atoms with Crippen LogP contribution in [0.5, 0.6) is 0 Å². The van der Waals surface area contributed by atoms with E-state index < -0.39 is 49.0 Å². The zero-order chi connectivity index (χ0) is 29.7. The Morgan fingerprint density at radius 1 is 0.786 bits per heavy atom. The Morgan fingerprint density at radius 2 is 1.57 bits per heavy atom. The second-order valence-electron chi connectivity index (χ2n) is 16.2. The highest BCUT2D eigenvalue weighted by Gasteiger charge is 2.64. The summed E-state index contributed by atoms with van der Waals surface area (Å²) >= 11 is 0. The van der Waals surface area contributed by atoms with Crippen LogP contribution >= 0.6 is 0 Å². The number of hydrogen-bond acceptors (Lipinski definition) is 9. The maximum Gasteiger partial charge on any atom is 0.186 e. The van der Waals surface area contributed by atoms with Gasteiger partial charge in [0.05, 0.1) is 24.4 Å². The molecular weight excluding hydrogens is 538 g/mol. The van der Waals surface area contributed by atoms with Crippen molar-refractivity contribution in [3.63, 3.8) is 0 Å². The molecule has 4 saturated carbocycles. The molecule has 0 aromatic carbocycles. The van der Waals surface area contributed by atoms with E-state index in [4.69, 9.17) is 9.47 Å². The molecule has 240 valence electrons. The molecule has 0 radical (unpaired) electrons. The van der Waals surface area contributed by atoms with Gasteiger partial charge in [-0.15, -0.1) is 0 Å². The maximum absolute atomic E-state index is 12.0. The van der Waals surface area contributed by atoms with Gasteiger partial charge in [-0.3, -0.25) is 4.90 Å². The van der Waals surface area contributed by atoms with Crippen LogP contribution in [0.3, 0.4) is 0 Å². The number of aliphatic hydroxyl groups excluding tert-OH is 5. The lowest BCUT2D eigenvalue weighted by molar-refractivity contribution is -0.317. The lowest BCUT2D eigenvalue weighted by Gasteiger charge is -2.60. The molecule has 6 N–H and O–H groups in total. The highest BCUT2D eigenvalue weighted by molar-refractivity contribution is 5.14. The monoisotopic (exact) mass is 593 g/mol. The van der Waals surface area contributed by atoms with Crippen LogP contribution in [0.1, 0.15) is 78.6 Å². The van der Waals surface area contributed by atoms with E-state index in [2.05, 4.69) is 25.7 Å². The molecule has 7 aliphatic rings. The molecule has 9 heteroatoms. The summed E-state index contributed by atoms with van der Waals surface area (Å²) in [6.45, 7) is 8.63. The second kappa shape index (κ2) is 10.9. The first-order chi connectivity index (χ1) is 19.9. The number of fused-ring (bicyclic) bond motifs is 8. The van der Waals surface area contributed by atoms with E-state index in [1.54, 1.807) is 0 Å². The minimum atomic E-state index is -1.45. The molecule has 3 saturated heterocycles. The van der Waals surface area contributed by atoms with Crippen LogP contribution in [-0.2, 0) is 9.47 Å². The zero-order valence-electron chi connectivity index (χ0n) is 25.7. The van der Waals surface area contributed by atoms with Crippen molar-refractivity contribution in [2.75, 3.05) is 19.7 Å². The smallest absolute Gasteiger partial charge is 0.186 e. The average molecular weight is 594 g/mol. The first kappa shape index (κ1) is 30.3. The molecule has 0 bridgehead atoms. The van der Waals surface area contributed by atoms with Crippen LogP contribution in [0.2, 0.25) is 0 Å². The number of rotatable bonds is 3. The lowest BCUT2D eigenvalue weighted by atomic mass is 9.51. The normalized spacial score (nSPS) is 59.6. The van der Waals surface area contributed by atoms with Gasteiger partial charge in [0.1, 0.15) is 24.4 Å². The van der Waals surface area contributed by atoms with E-state index >= 15 is 0 Å². The van der Waals surface area contributed by atoms with Crippen molar-refractivity contribution in [1.82, 2.24) is 4.90 Å². The van der Waals surface area contributed by atoms with Gasteiger partial charge >= 0.3 is 0 Å². The summed E-state index contributed by atoms with van der Waals surface area (Å²) < 4.78 is 11.8. The molecule has 9 nitrogen and oxygen atoms in total. The summed E-state index contributed by atoms with van der Waals surface area (Å²) in [4.78, 5) is 2.64. The van der Waals surface area contributed by atoms with Gasteiger partial charge < -0.3 is 40.1 Å². The Hall–Kier alpha value is -0.360. The Morgan fingerprint density at radius 3 is 2.33 bits per heavy atom. The number of ether oxygens (including phenoxy) is 2. The van der Waals surface area contributed by atoms with Crippen molar-refractivity contribution in [2.45, 2.75) is 133 Å². The summed E-state index contributed by atoms with van der Waals surface area (Å²) in [7, 11) is 0. The van der Waals surface area contributed by atoms with Gasteiger partial charge in [-0.25, -0.2) is 0 Å². The van der Waals surface area contributed by atoms with Gasteiger partial charge in [-0.05, 0) is 117 Å². The summed E-state index contributed by atoms with van der Waals surface area (Å²) in [5.41, 5.74) is -0.628. The van der Waals surface area contributed by atoms with Crippen LogP contribution in [-0.4, -0.2) is 110 Å². The van der Waals surface area contributed by atoms with Crippen molar-refractivity contribution < 1.29 is 40.1 Å². The topological polar surface area (TPSA) is 143 Å². The largest absolute Gasteiger partial charge is 0.394 e. The third kappa shape index (κ3) is 4.58. The summed E-state index contributed by atoms with van der Waals surface area (Å²) in [6, 6.07) is 0.290. The molecule has 3 heterocycles. The predicted molar refractivity (Wildman–Crippen MR) is 154 cm³/mol. The quantitative estimate of drug-likeness (QED) is 0.269. The third-order valence-electron chi connectivity index (χ3n) is 14.2. The van der Waals surface area contributed by atoms with Crippen LogP contribution < -0.4 is 0 Å². The predicted octanol–water partition coefficient (Wildman–Crippen LogP) is 1.50. The number of piperidine rings is 2. The molecule has 0 aromatic heterocycles. The van der Waals surface area contributed by atoms with E-state index in [0.717, 1.165) is 45.2 Å². The van der Waals surface area contributed by atoms with Crippen LogP contribution in [0, 0.1) is 52.8 Å². The summed E-state index contributed by atoms with van der Waals surface area (Å²) in [5.74, 6) is 3.97. The van der Waals surface area contributed by atoms with E-state index in [-0.39, 0.29) is 23.5 Å². The SMILES string of the molecule is C[C@H]1CC[C@@H]2N(C1)C[C@H]1[C@@H]3C[C@H]4[C@@H](C[C@H](O)[C@H]5C[C@@H](O[C@@H]6O[C@H](CO)[C@@H](O)[C@H](O)[C@H]6O)CC[C@@]54C)[C@@H]3CC[C@@H]1[C@]2(C)O. The molecule has 4 aliphatic carbocycles. The van der Waals surface area contributed by atoms with Crippen LogP contribution in [0.25, 0.3) is 0 Å². The van der Waals surface area contributed by atoms with E-state index in [9.17, 15) is 30.6 Å². The lowest BCUT2D eigenvalue weighted by Crippen LogP contribution is -2.67. The second-order valence-corrected chi connectivity index (χ2v) is 16.2. The van der Waals surface area contributed by atoms with Gasteiger partial charge in [0, 0.05) is 19.1 Å². The van der Waals surface area contributed by atoms with Crippen molar-refractivity contribution in [1.29, 1.82) is 0 Å². The first-order valence-corrected chi connectivity index (χ1v) is 17.0. The molecule has 7 rings (SSSR count). The number of nitrogens with zero attached hydrogens (tertiary/aromatic N) is 1. The minimum Gasteiger partial charge on any atom is -0.394 e. The van der Waals surface area contributed by atoms with Gasteiger partial charge in [0.25, 0.3) is 0 Å². The fourth-order valence-corrected chi connectivity index (χ4v) is 12.1. The molecule has 7 fully saturated rings. The molecule has 3 aliphatic heterocycles. The Balaban J connectivity index is 1.07. The highest BCUT2D eigenvalue weighted by atomic mass is 16.7. The molecule has 42 heavy (non-hydrogen) atoms. The standard InChI is InChI=1S/C33H55NO8/c1-16-4-7-27-33(3,40)22-6-5-18-19(21(22)14-34(27)13-16)11-23-20(18)12-25(36)24-10-17(8-9-32(23,24)2)41-31-30(39)29(38)28(37)26(15-35)42-31/h16-31,35-40H,4-15H2,1-3H3/t16-,17-,18+,19+,20-,21-,22-,23-,24+,25-,26+,27-,28+,29-,30+,31+,32+,33-/m0/s1.